The summed E-state index contributed by atoms with van der Waals surface area (Å²) < 4.78 is 1.78. The molecule has 22 heavy (non-hydrogen) atoms. The van der Waals surface area contributed by atoms with Crippen LogP contribution in [0.2, 0.25) is 0 Å². The van der Waals surface area contributed by atoms with Gasteiger partial charge in [-0.1, -0.05) is 18.2 Å². The molecule has 0 spiro atoms. The van der Waals surface area contributed by atoms with E-state index in [0.717, 1.165) is 11.3 Å². The summed E-state index contributed by atoms with van der Waals surface area (Å²) in [6.07, 6.45) is 8.02. The van der Waals surface area contributed by atoms with Crippen LogP contribution in [0.4, 0.5) is 0 Å². The molecule has 3 rings (SSSR count). The van der Waals surface area contributed by atoms with Gasteiger partial charge in [-0.25, -0.2) is 4.68 Å². The Balaban J connectivity index is 1.63. The minimum absolute atomic E-state index is 0.0145. The number of carbonyl (C=O) groups is 1. The number of hydrogen-bond acceptors (Lipinski definition) is 3. The Morgan fingerprint density at radius 3 is 2.68 bits per heavy atom. The Morgan fingerprint density at radius 2 is 1.95 bits per heavy atom. The number of aliphatic hydroxyl groups is 1. The zero-order chi connectivity index (χ0) is 15.4. The van der Waals surface area contributed by atoms with E-state index in [1.807, 2.05) is 36.5 Å². The van der Waals surface area contributed by atoms with E-state index >= 15 is 0 Å². The minimum atomic E-state index is -0.267. The largest absolute Gasteiger partial charge is 0.393 e. The number of piperidine rings is 1. The van der Waals surface area contributed by atoms with Crippen LogP contribution < -0.4 is 0 Å². The fourth-order valence-electron chi connectivity index (χ4n) is 2.50. The van der Waals surface area contributed by atoms with Crippen LogP contribution in [-0.4, -0.2) is 44.9 Å². The number of nitrogens with zero attached hydrogens (tertiary/aromatic N) is 3. The SMILES string of the molecule is O=C(C=Cc1cnn(-c2ccccc2)c1)N1CCC(O)CC1. The number of likely N-dealkylation sites (tertiary alicyclic amines) is 1. The van der Waals surface area contributed by atoms with Crippen molar-refractivity contribution >= 4 is 12.0 Å². The standard InChI is InChI=1S/C17H19N3O2/c21-16-8-10-19(11-9-16)17(22)7-6-14-12-18-20(13-14)15-4-2-1-3-5-15/h1-7,12-13,16,21H,8-11H2. The lowest BCUT2D eigenvalue weighted by Gasteiger charge is -2.28. The van der Waals surface area contributed by atoms with Gasteiger partial charge in [0.1, 0.15) is 0 Å². The van der Waals surface area contributed by atoms with Gasteiger partial charge in [-0.3, -0.25) is 4.79 Å². The lowest BCUT2D eigenvalue weighted by molar-refractivity contribution is -0.127. The highest BCUT2D eigenvalue weighted by atomic mass is 16.3. The first kappa shape index (κ1) is 14.5. The van der Waals surface area contributed by atoms with Crippen LogP contribution in [0.25, 0.3) is 11.8 Å². The summed E-state index contributed by atoms with van der Waals surface area (Å²) >= 11 is 0. The van der Waals surface area contributed by atoms with E-state index in [9.17, 15) is 9.90 Å². The summed E-state index contributed by atoms with van der Waals surface area (Å²) in [5, 5.41) is 13.8. The van der Waals surface area contributed by atoms with Crippen molar-refractivity contribution in [3.63, 3.8) is 0 Å². The zero-order valence-electron chi connectivity index (χ0n) is 12.3. The molecule has 0 bridgehead atoms. The molecule has 0 atom stereocenters. The molecule has 0 aliphatic carbocycles. The number of rotatable bonds is 3. The van der Waals surface area contributed by atoms with Crippen molar-refractivity contribution in [2.75, 3.05) is 13.1 Å². The summed E-state index contributed by atoms with van der Waals surface area (Å²) in [6, 6.07) is 9.83. The molecule has 1 amide bonds. The van der Waals surface area contributed by atoms with Crippen molar-refractivity contribution in [3.8, 4) is 5.69 Å². The molecule has 1 fully saturated rings. The Bertz CT molecular complexity index is 656. The van der Waals surface area contributed by atoms with Crippen LogP contribution in [0.1, 0.15) is 18.4 Å². The number of benzene rings is 1. The molecule has 5 heteroatoms. The van der Waals surface area contributed by atoms with Gasteiger partial charge in [-0.2, -0.15) is 5.10 Å². The van der Waals surface area contributed by atoms with Crippen molar-refractivity contribution in [3.05, 3.63) is 54.4 Å². The van der Waals surface area contributed by atoms with E-state index in [0.29, 0.717) is 25.9 Å². The highest BCUT2D eigenvalue weighted by Gasteiger charge is 2.19. The molecule has 0 unspecified atom stereocenters. The second-order valence-corrected chi connectivity index (χ2v) is 5.44. The van der Waals surface area contributed by atoms with E-state index < -0.39 is 0 Å². The Hall–Kier alpha value is -2.40. The number of carbonyl (C=O) groups excluding carboxylic acids is 1. The number of hydrogen-bond donors (Lipinski definition) is 1. The van der Waals surface area contributed by atoms with Crippen molar-refractivity contribution in [2.24, 2.45) is 0 Å². The zero-order valence-corrected chi connectivity index (χ0v) is 12.3. The molecule has 1 aromatic heterocycles. The van der Waals surface area contributed by atoms with Crippen LogP contribution in [0.3, 0.4) is 0 Å². The second kappa shape index (κ2) is 6.58. The third kappa shape index (κ3) is 3.43. The summed E-state index contributed by atoms with van der Waals surface area (Å²) in [4.78, 5) is 13.9. The molecular weight excluding hydrogens is 278 g/mol. The number of aromatic nitrogens is 2. The Morgan fingerprint density at radius 1 is 1.23 bits per heavy atom. The van der Waals surface area contributed by atoms with Crippen molar-refractivity contribution in [1.29, 1.82) is 0 Å². The Kier molecular flexibility index (Phi) is 4.34. The summed E-state index contributed by atoms with van der Waals surface area (Å²) in [7, 11) is 0. The summed E-state index contributed by atoms with van der Waals surface area (Å²) in [5.41, 5.74) is 1.87. The average Bonchev–Trinajstić information content (AvgIpc) is 3.03. The summed E-state index contributed by atoms with van der Waals surface area (Å²) in [6.45, 7) is 1.24. The highest BCUT2D eigenvalue weighted by Crippen LogP contribution is 2.12. The third-order valence-corrected chi connectivity index (χ3v) is 3.82. The van der Waals surface area contributed by atoms with Crippen molar-refractivity contribution < 1.29 is 9.90 Å². The van der Waals surface area contributed by atoms with Gasteiger partial charge < -0.3 is 10.0 Å². The smallest absolute Gasteiger partial charge is 0.246 e. The monoisotopic (exact) mass is 297 g/mol. The highest BCUT2D eigenvalue weighted by molar-refractivity contribution is 5.91. The molecule has 1 saturated heterocycles. The molecule has 114 valence electrons. The topological polar surface area (TPSA) is 58.4 Å². The molecule has 5 nitrogen and oxygen atoms in total. The van der Waals surface area contributed by atoms with E-state index in [4.69, 9.17) is 0 Å². The maximum absolute atomic E-state index is 12.1. The minimum Gasteiger partial charge on any atom is -0.393 e. The van der Waals surface area contributed by atoms with Gasteiger partial charge in [-0.05, 0) is 31.1 Å². The van der Waals surface area contributed by atoms with Crippen molar-refractivity contribution in [2.45, 2.75) is 18.9 Å². The predicted molar refractivity (Wildman–Crippen MR) is 84.4 cm³/mol. The normalized spacial score (nSPS) is 16.3. The molecule has 1 aliphatic heterocycles. The molecule has 1 N–H and O–H groups in total. The first-order valence-corrected chi connectivity index (χ1v) is 7.47. The first-order chi connectivity index (χ1) is 10.7. The molecule has 0 radical (unpaired) electrons. The van der Waals surface area contributed by atoms with E-state index in [-0.39, 0.29) is 12.0 Å². The van der Waals surface area contributed by atoms with Gasteiger partial charge >= 0.3 is 0 Å². The van der Waals surface area contributed by atoms with E-state index in [2.05, 4.69) is 5.10 Å². The van der Waals surface area contributed by atoms with Gasteiger partial charge in [0.2, 0.25) is 5.91 Å². The molecule has 1 aromatic carbocycles. The number of para-hydroxylation sites is 1. The van der Waals surface area contributed by atoms with Gasteiger partial charge in [0.15, 0.2) is 0 Å². The predicted octanol–water partition coefficient (Wildman–Crippen LogP) is 1.87. The van der Waals surface area contributed by atoms with Crippen LogP contribution >= 0.6 is 0 Å². The number of amides is 1. The van der Waals surface area contributed by atoms with Crippen molar-refractivity contribution in [1.82, 2.24) is 14.7 Å². The van der Waals surface area contributed by atoms with Crippen LogP contribution in [0.15, 0.2) is 48.8 Å². The average molecular weight is 297 g/mol. The van der Waals surface area contributed by atoms with Gasteiger partial charge in [0.05, 0.1) is 18.0 Å². The number of aliphatic hydroxyl groups excluding tert-OH is 1. The maximum atomic E-state index is 12.1. The quantitative estimate of drug-likeness (QED) is 0.880. The molecule has 1 aliphatic rings. The fraction of sp³-hybridized carbons (Fsp3) is 0.294. The van der Waals surface area contributed by atoms with Gasteiger partial charge in [0.25, 0.3) is 0 Å². The molecule has 0 saturated carbocycles. The van der Waals surface area contributed by atoms with E-state index in [1.54, 1.807) is 27.9 Å². The Labute approximate surface area is 129 Å². The van der Waals surface area contributed by atoms with Crippen LogP contribution in [-0.2, 0) is 4.79 Å². The van der Waals surface area contributed by atoms with Crippen LogP contribution in [0, 0.1) is 0 Å². The fourth-order valence-corrected chi connectivity index (χ4v) is 2.50. The summed E-state index contributed by atoms with van der Waals surface area (Å²) in [5.74, 6) is -0.0145. The molecule has 2 heterocycles. The van der Waals surface area contributed by atoms with E-state index in [1.165, 1.54) is 0 Å². The molecule has 2 aromatic rings. The third-order valence-electron chi connectivity index (χ3n) is 3.82. The van der Waals surface area contributed by atoms with Gasteiger partial charge in [-0.15, -0.1) is 0 Å². The molecular formula is C17H19N3O2. The van der Waals surface area contributed by atoms with Gasteiger partial charge in [0, 0.05) is 30.9 Å². The lowest BCUT2D eigenvalue weighted by Crippen LogP contribution is -2.39. The first-order valence-electron chi connectivity index (χ1n) is 7.47. The maximum Gasteiger partial charge on any atom is 0.246 e. The second-order valence-electron chi connectivity index (χ2n) is 5.44. The lowest BCUT2D eigenvalue weighted by atomic mass is 10.1. The van der Waals surface area contributed by atoms with Crippen LogP contribution in [0.5, 0.6) is 0 Å².